The monoisotopic (exact) mass is 287 g/mol. The summed E-state index contributed by atoms with van der Waals surface area (Å²) in [6.45, 7) is 0.936. The average molecular weight is 287 g/mol. The van der Waals surface area contributed by atoms with Gasteiger partial charge >= 0.3 is 0 Å². The molecule has 112 valence electrons. The average Bonchev–Trinajstić information content (AvgIpc) is 3.03. The standard InChI is InChI=1S/C16H21N3O2/c17-10-12-6-8-13(9-7-12)16-18-15(21-19-16)11-20-14-4-2-1-3-5-14/h6-9,14H,1-5,10-11,17H2. The second-order valence-electron chi connectivity index (χ2n) is 5.48. The smallest absolute Gasteiger partial charge is 0.252 e. The zero-order valence-corrected chi connectivity index (χ0v) is 12.1. The molecule has 2 aromatic rings. The van der Waals surface area contributed by atoms with E-state index in [-0.39, 0.29) is 0 Å². The Bertz CT molecular complexity index is 559. The fourth-order valence-electron chi connectivity index (χ4n) is 2.64. The molecule has 0 amide bonds. The Kier molecular flexibility index (Phi) is 4.62. The first-order valence-corrected chi connectivity index (χ1v) is 7.59. The summed E-state index contributed by atoms with van der Waals surface area (Å²) < 4.78 is 11.1. The van der Waals surface area contributed by atoms with E-state index in [0.717, 1.165) is 24.0 Å². The minimum absolute atomic E-state index is 0.345. The molecule has 0 atom stereocenters. The topological polar surface area (TPSA) is 74.2 Å². The highest BCUT2D eigenvalue weighted by Crippen LogP contribution is 2.22. The van der Waals surface area contributed by atoms with E-state index in [2.05, 4.69) is 10.1 Å². The number of ether oxygens (including phenoxy) is 1. The lowest BCUT2D eigenvalue weighted by molar-refractivity contribution is 0.00462. The summed E-state index contributed by atoms with van der Waals surface area (Å²) >= 11 is 0. The molecule has 1 aliphatic rings. The van der Waals surface area contributed by atoms with Gasteiger partial charge in [0.05, 0.1) is 6.10 Å². The van der Waals surface area contributed by atoms with E-state index in [1.54, 1.807) is 0 Å². The SMILES string of the molecule is NCc1ccc(-c2noc(COC3CCCCC3)n2)cc1. The van der Waals surface area contributed by atoms with E-state index in [9.17, 15) is 0 Å². The van der Waals surface area contributed by atoms with Crippen LogP contribution < -0.4 is 5.73 Å². The Morgan fingerprint density at radius 2 is 1.90 bits per heavy atom. The van der Waals surface area contributed by atoms with Crippen LogP contribution in [0.25, 0.3) is 11.4 Å². The summed E-state index contributed by atoms with van der Waals surface area (Å²) in [7, 11) is 0. The minimum atomic E-state index is 0.345. The van der Waals surface area contributed by atoms with Gasteiger partial charge in [0.25, 0.3) is 5.89 Å². The molecule has 0 spiro atoms. The van der Waals surface area contributed by atoms with Gasteiger partial charge in [0.2, 0.25) is 5.82 Å². The van der Waals surface area contributed by atoms with Crippen LogP contribution in [-0.4, -0.2) is 16.2 Å². The van der Waals surface area contributed by atoms with Crippen molar-refractivity contribution in [2.24, 2.45) is 5.73 Å². The van der Waals surface area contributed by atoms with Gasteiger partial charge in [-0.1, -0.05) is 48.7 Å². The lowest BCUT2D eigenvalue weighted by Gasteiger charge is -2.20. The van der Waals surface area contributed by atoms with Gasteiger partial charge in [-0.05, 0) is 18.4 Å². The number of nitrogens with two attached hydrogens (primary N) is 1. The first kappa shape index (κ1) is 14.2. The first-order chi connectivity index (χ1) is 10.3. The van der Waals surface area contributed by atoms with Crippen molar-refractivity contribution in [3.8, 4) is 11.4 Å². The maximum atomic E-state index is 5.84. The van der Waals surface area contributed by atoms with Gasteiger partial charge in [-0.2, -0.15) is 4.98 Å². The van der Waals surface area contributed by atoms with Crippen molar-refractivity contribution in [1.82, 2.24) is 10.1 Å². The maximum absolute atomic E-state index is 5.84. The van der Waals surface area contributed by atoms with Crippen molar-refractivity contribution in [1.29, 1.82) is 0 Å². The predicted molar refractivity (Wildman–Crippen MR) is 79.3 cm³/mol. The predicted octanol–water partition coefficient (Wildman–Crippen LogP) is 3.04. The van der Waals surface area contributed by atoms with Gasteiger partial charge in [0, 0.05) is 12.1 Å². The second kappa shape index (κ2) is 6.83. The van der Waals surface area contributed by atoms with Crippen LogP contribution in [0.1, 0.15) is 43.6 Å². The third-order valence-corrected chi connectivity index (χ3v) is 3.91. The number of aromatic nitrogens is 2. The van der Waals surface area contributed by atoms with E-state index < -0.39 is 0 Å². The molecule has 0 unspecified atom stereocenters. The molecule has 1 aromatic carbocycles. The van der Waals surface area contributed by atoms with E-state index >= 15 is 0 Å². The molecular formula is C16H21N3O2. The molecule has 5 heteroatoms. The highest BCUT2D eigenvalue weighted by molar-refractivity contribution is 5.54. The van der Waals surface area contributed by atoms with Gasteiger partial charge in [-0.15, -0.1) is 0 Å². The Morgan fingerprint density at radius 3 is 2.62 bits per heavy atom. The third kappa shape index (κ3) is 3.68. The van der Waals surface area contributed by atoms with Crippen LogP contribution in [0.3, 0.4) is 0 Å². The van der Waals surface area contributed by atoms with E-state index in [1.165, 1.54) is 19.3 Å². The van der Waals surface area contributed by atoms with E-state index in [1.807, 2.05) is 24.3 Å². The summed E-state index contributed by atoms with van der Waals surface area (Å²) in [6, 6.07) is 7.87. The highest BCUT2D eigenvalue weighted by Gasteiger charge is 2.16. The zero-order valence-electron chi connectivity index (χ0n) is 12.1. The fraction of sp³-hybridized carbons (Fsp3) is 0.500. The van der Waals surface area contributed by atoms with Gasteiger partial charge in [0.1, 0.15) is 6.61 Å². The summed E-state index contributed by atoms with van der Waals surface area (Å²) in [6.07, 6.45) is 6.46. The van der Waals surface area contributed by atoms with Crippen LogP contribution in [0.4, 0.5) is 0 Å². The Hall–Kier alpha value is -1.72. The van der Waals surface area contributed by atoms with Crippen molar-refractivity contribution in [2.75, 3.05) is 0 Å². The zero-order chi connectivity index (χ0) is 14.5. The molecule has 1 saturated carbocycles. The van der Waals surface area contributed by atoms with Gasteiger partial charge in [-0.3, -0.25) is 0 Å². The van der Waals surface area contributed by atoms with Gasteiger partial charge in [-0.25, -0.2) is 0 Å². The molecule has 21 heavy (non-hydrogen) atoms. The number of nitrogens with zero attached hydrogens (tertiary/aromatic N) is 2. The molecule has 5 nitrogen and oxygen atoms in total. The summed E-state index contributed by atoms with van der Waals surface area (Å²) in [5.74, 6) is 1.14. The van der Waals surface area contributed by atoms with Crippen LogP contribution in [0, 0.1) is 0 Å². The second-order valence-corrected chi connectivity index (χ2v) is 5.48. The quantitative estimate of drug-likeness (QED) is 0.914. The molecule has 1 aliphatic carbocycles. The minimum Gasteiger partial charge on any atom is -0.368 e. The number of hydrogen-bond acceptors (Lipinski definition) is 5. The summed E-state index contributed by atoms with van der Waals surface area (Å²) in [4.78, 5) is 4.39. The number of hydrogen-bond donors (Lipinski definition) is 1. The van der Waals surface area contributed by atoms with Crippen molar-refractivity contribution >= 4 is 0 Å². The molecule has 1 aromatic heterocycles. The van der Waals surface area contributed by atoms with Crippen molar-refractivity contribution in [2.45, 2.75) is 51.4 Å². The van der Waals surface area contributed by atoms with Crippen LogP contribution in [0.2, 0.25) is 0 Å². The van der Waals surface area contributed by atoms with E-state index in [0.29, 0.717) is 31.0 Å². The molecule has 1 fully saturated rings. The normalized spacial score (nSPS) is 16.2. The molecule has 3 rings (SSSR count). The van der Waals surface area contributed by atoms with Crippen LogP contribution in [-0.2, 0) is 17.9 Å². The van der Waals surface area contributed by atoms with Gasteiger partial charge < -0.3 is 15.0 Å². The van der Waals surface area contributed by atoms with Crippen molar-refractivity contribution < 1.29 is 9.26 Å². The largest absolute Gasteiger partial charge is 0.368 e. The number of benzene rings is 1. The molecule has 2 N–H and O–H groups in total. The van der Waals surface area contributed by atoms with Crippen molar-refractivity contribution in [3.63, 3.8) is 0 Å². The number of rotatable bonds is 5. The van der Waals surface area contributed by atoms with Crippen LogP contribution in [0.5, 0.6) is 0 Å². The molecular weight excluding hydrogens is 266 g/mol. The first-order valence-electron chi connectivity index (χ1n) is 7.59. The summed E-state index contributed by atoms with van der Waals surface area (Å²) in [5.41, 5.74) is 7.60. The molecule has 0 saturated heterocycles. The molecule has 0 radical (unpaired) electrons. The molecule has 0 aliphatic heterocycles. The van der Waals surface area contributed by atoms with Crippen molar-refractivity contribution in [3.05, 3.63) is 35.7 Å². The fourth-order valence-corrected chi connectivity index (χ4v) is 2.64. The Balaban J connectivity index is 1.59. The van der Waals surface area contributed by atoms with Crippen LogP contribution >= 0.6 is 0 Å². The molecule has 0 bridgehead atoms. The summed E-state index contributed by atoms with van der Waals surface area (Å²) in [5, 5.41) is 4.01. The maximum Gasteiger partial charge on any atom is 0.252 e. The lowest BCUT2D eigenvalue weighted by atomic mass is 9.98. The lowest BCUT2D eigenvalue weighted by Crippen LogP contribution is -2.16. The van der Waals surface area contributed by atoms with Gasteiger partial charge in [0.15, 0.2) is 0 Å². The molecule has 1 heterocycles. The van der Waals surface area contributed by atoms with Crippen LogP contribution in [0.15, 0.2) is 28.8 Å². The van der Waals surface area contributed by atoms with E-state index in [4.69, 9.17) is 15.0 Å². The Labute approximate surface area is 124 Å². The highest BCUT2D eigenvalue weighted by atomic mass is 16.5. The third-order valence-electron chi connectivity index (χ3n) is 3.91. The Morgan fingerprint density at radius 1 is 1.14 bits per heavy atom.